The van der Waals surface area contributed by atoms with Crippen molar-refractivity contribution in [1.82, 2.24) is 5.43 Å². The Bertz CT molecular complexity index is 150. The minimum absolute atomic E-state index is 0.183. The van der Waals surface area contributed by atoms with Crippen LogP contribution in [0.1, 0.15) is 12.8 Å². The maximum Gasteiger partial charge on any atom is 0.500 e. The lowest BCUT2D eigenvalue weighted by Gasteiger charge is -2.26. The summed E-state index contributed by atoms with van der Waals surface area (Å²) in [4.78, 5) is 0. The SMILES string of the molecule is CO[Si](CCC(CCN)NN)(OC)OC. The first-order valence-corrected chi connectivity index (χ1v) is 6.92. The van der Waals surface area contributed by atoms with E-state index >= 15 is 0 Å². The van der Waals surface area contributed by atoms with Crippen molar-refractivity contribution >= 4 is 8.80 Å². The molecule has 0 rings (SSSR count). The molecule has 5 N–H and O–H groups in total. The number of hydrogen-bond acceptors (Lipinski definition) is 6. The summed E-state index contributed by atoms with van der Waals surface area (Å²) in [6.07, 6.45) is 1.66. The molecule has 0 aromatic rings. The van der Waals surface area contributed by atoms with Gasteiger partial charge in [0.2, 0.25) is 0 Å². The number of nitrogens with one attached hydrogen (secondary N) is 1. The van der Waals surface area contributed by atoms with E-state index in [-0.39, 0.29) is 6.04 Å². The van der Waals surface area contributed by atoms with Gasteiger partial charge in [0.25, 0.3) is 0 Å². The molecule has 1 atom stereocenters. The van der Waals surface area contributed by atoms with Gasteiger partial charge in [-0.15, -0.1) is 0 Å². The summed E-state index contributed by atoms with van der Waals surface area (Å²) in [6, 6.07) is 0.910. The van der Waals surface area contributed by atoms with Gasteiger partial charge in [-0.25, -0.2) is 0 Å². The van der Waals surface area contributed by atoms with Gasteiger partial charge in [-0.05, 0) is 19.4 Å². The summed E-state index contributed by atoms with van der Waals surface area (Å²) < 4.78 is 15.9. The summed E-state index contributed by atoms with van der Waals surface area (Å²) in [5, 5.41) is 0. The molecule has 0 aromatic carbocycles. The Morgan fingerprint density at radius 1 is 1.13 bits per heavy atom. The molecular weight excluding hydrogens is 214 g/mol. The minimum Gasteiger partial charge on any atom is -0.377 e. The predicted molar refractivity (Wildman–Crippen MR) is 61.0 cm³/mol. The van der Waals surface area contributed by atoms with Crippen molar-refractivity contribution in [2.45, 2.75) is 24.9 Å². The normalized spacial score (nSPS) is 14.2. The molecule has 0 aliphatic rings. The minimum atomic E-state index is -2.46. The Kier molecular flexibility index (Phi) is 8.15. The molecule has 0 spiro atoms. The highest BCUT2D eigenvalue weighted by Crippen LogP contribution is 2.16. The van der Waals surface area contributed by atoms with E-state index in [2.05, 4.69) is 5.43 Å². The lowest BCUT2D eigenvalue weighted by atomic mass is 10.2. The molecule has 0 saturated carbocycles. The average Bonchev–Trinajstić information content (AvgIpc) is 2.30. The zero-order chi connectivity index (χ0) is 11.7. The van der Waals surface area contributed by atoms with Crippen LogP contribution < -0.4 is 17.0 Å². The average molecular weight is 237 g/mol. The standard InChI is InChI=1S/C8H23N3O3Si/c1-12-15(13-2,14-3)7-5-8(11-10)4-6-9/h8,11H,4-7,9-10H2,1-3H3. The van der Waals surface area contributed by atoms with Crippen LogP contribution in [0.25, 0.3) is 0 Å². The predicted octanol–water partition coefficient (Wildman–Crippen LogP) is -0.565. The van der Waals surface area contributed by atoms with E-state index in [4.69, 9.17) is 24.9 Å². The van der Waals surface area contributed by atoms with Crippen LogP contribution in [0.15, 0.2) is 0 Å². The molecule has 0 fully saturated rings. The molecule has 15 heavy (non-hydrogen) atoms. The second-order valence-corrected chi connectivity index (χ2v) is 6.37. The second-order valence-electron chi connectivity index (χ2n) is 3.28. The van der Waals surface area contributed by atoms with Gasteiger partial charge < -0.3 is 19.0 Å². The highest BCUT2D eigenvalue weighted by molar-refractivity contribution is 6.60. The molecule has 1 unspecified atom stereocenters. The number of hydrazine groups is 1. The van der Waals surface area contributed by atoms with E-state index in [0.717, 1.165) is 18.9 Å². The topological polar surface area (TPSA) is 91.8 Å². The largest absolute Gasteiger partial charge is 0.500 e. The van der Waals surface area contributed by atoms with Crippen LogP contribution in [0.5, 0.6) is 0 Å². The Hall–Kier alpha value is -0.0231. The van der Waals surface area contributed by atoms with Crippen molar-refractivity contribution in [3.05, 3.63) is 0 Å². The highest BCUT2D eigenvalue weighted by atomic mass is 28.4. The van der Waals surface area contributed by atoms with Crippen molar-refractivity contribution in [3.8, 4) is 0 Å². The zero-order valence-corrected chi connectivity index (χ0v) is 10.8. The van der Waals surface area contributed by atoms with Gasteiger partial charge in [0.05, 0.1) is 0 Å². The Morgan fingerprint density at radius 3 is 2.00 bits per heavy atom. The van der Waals surface area contributed by atoms with E-state index in [1.807, 2.05) is 0 Å². The van der Waals surface area contributed by atoms with E-state index in [0.29, 0.717) is 6.54 Å². The van der Waals surface area contributed by atoms with Crippen LogP contribution in [0, 0.1) is 0 Å². The monoisotopic (exact) mass is 237 g/mol. The second kappa shape index (κ2) is 8.17. The number of nitrogens with two attached hydrogens (primary N) is 2. The fourth-order valence-corrected chi connectivity index (χ4v) is 3.23. The molecule has 6 nitrogen and oxygen atoms in total. The first-order valence-electron chi connectivity index (χ1n) is 4.99. The number of hydrogen-bond donors (Lipinski definition) is 3. The van der Waals surface area contributed by atoms with E-state index in [1.54, 1.807) is 21.3 Å². The van der Waals surface area contributed by atoms with Gasteiger partial charge in [-0.3, -0.25) is 11.3 Å². The van der Waals surface area contributed by atoms with Gasteiger partial charge >= 0.3 is 8.80 Å². The van der Waals surface area contributed by atoms with E-state index in [9.17, 15) is 0 Å². The van der Waals surface area contributed by atoms with E-state index < -0.39 is 8.80 Å². The van der Waals surface area contributed by atoms with Crippen molar-refractivity contribution in [3.63, 3.8) is 0 Å². The highest BCUT2D eigenvalue weighted by Gasteiger charge is 2.37. The summed E-state index contributed by atoms with van der Waals surface area (Å²) in [6.45, 7) is 0.608. The van der Waals surface area contributed by atoms with Crippen molar-refractivity contribution in [2.75, 3.05) is 27.9 Å². The van der Waals surface area contributed by atoms with Crippen LogP contribution in [-0.2, 0) is 13.3 Å². The van der Waals surface area contributed by atoms with Crippen LogP contribution >= 0.6 is 0 Å². The van der Waals surface area contributed by atoms with Gasteiger partial charge in [-0.2, -0.15) is 0 Å². The molecular formula is C8H23N3O3Si. The third-order valence-corrected chi connectivity index (χ3v) is 5.25. The van der Waals surface area contributed by atoms with E-state index in [1.165, 1.54) is 0 Å². The van der Waals surface area contributed by atoms with Crippen LogP contribution in [-0.4, -0.2) is 42.7 Å². The first kappa shape index (κ1) is 15.0. The summed E-state index contributed by atoms with van der Waals surface area (Å²) in [7, 11) is 2.35. The zero-order valence-electron chi connectivity index (χ0n) is 9.79. The smallest absolute Gasteiger partial charge is 0.377 e. The molecule has 0 aliphatic carbocycles. The maximum atomic E-state index is 5.46. The molecule has 0 radical (unpaired) electrons. The molecule has 0 saturated heterocycles. The molecule has 0 aliphatic heterocycles. The molecule has 7 heteroatoms. The van der Waals surface area contributed by atoms with Gasteiger partial charge in [0.15, 0.2) is 0 Å². The lowest BCUT2D eigenvalue weighted by Crippen LogP contribution is -2.45. The van der Waals surface area contributed by atoms with Crippen molar-refractivity contribution in [2.24, 2.45) is 11.6 Å². The lowest BCUT2D eigenvalue weighted by molar-refractivity contribution is 0.121. The van der Waals surface area contributed by atoms with Gasteiger partial charge in [0, 0.05) is 33.4 Å². The third-order valence-electron chi connectivity index (χ3n) is 2.48. The van der Waals surface area contributed by atoms with Crippen LogP contribution in [0.4, 0.5) is 0 Å². The van der Waals surface area contributed by atoms with Gasteiger partial charge in [-0.1, -0.05) is 0 Å². The fourth-order valence-electron chi connectivity index (χ4n) is 1.42. The molecule has 0 bridgehead atoms. The molecule has 0 heterocycles. The Labute approximate surface area is 92.6 Å². The Balaban J connectivity index is 4.06. The van der Waals surface area contributed by atoms with Crippen LogP contribution in [0.3, 0.4) is 0 Å². The van der Waals surface area contributed by atoms with Crippen LogP contribution in [0.2, 0.25) is 6.04 Å². The quantitative estimate of drug-likeness (QED) is 0.283. The molecule has 92 valence electrons. The first-order chi connectivity index (χ1) is 7.17. The van der Waals surface area contributed by atoms with Gasteiger partial charge in [0.1, 0.15) is 0 Å². The summed E-state index contributed by atoms with van der Waals surface area (Å²) in [5.74, 6) is 5.40. The number of rotatable bonds is 9. The Morgan fingerprint density at radius 2 is 1.67 bits per heavy atom. The molecule has 0 amide bonds. The summed E-state index contributed by atoms with van der Waals surface area (Å²) >= 11 is 0. The van der Waals surface area contributed by atoms with Crippen molar-refractivity contribution < 1.29 is 13.3 Å². The fraction of sp³-hybridized carbons (Fsp3) is 1.00. The summed E-state index contributed by atoms with van der Waals surface area (Å²) in [5.41, 5.74) is 8.19. The molecule has 0 aromatic heterocycles. The maximum absolute atomic E-state index is 5.46. The van der Waals surface area contributed by atoms with Crippen molar-refractivity contribution in [1.29, 1.82) is 0 Å². The third kappa shape index (κ3) is 5.02.